The summed E-state index contributed by atoms with van der Waals surface area (Å²) in [6.07, 6.45) is 0. The first-order valence-corrected chi connectivity index (χ1v) is 9.11. The van der Waals surface area contributed by atoms with Gasteiger partial charge in [0.1, 0.15) is 5.01 Å². The summed E-state index contributed by atoms with van der Waals surface area (Å²) in [6.45, 7) is 11.6. The second kappa shape index (κ2) is 6.51. The fraction of sp³-hybridized carbons (Fsp3) is 0.500. The van der Waals surface area contributed by atoms with E-state index < -0.39 is 0 Å². The van der Waals surface area contributed by atoms with Gasteiger partial charge in [-0.1, -0.05) is 44.2 Å². The molecule has 3 rings (SSSR count). The topological polar surface area (TPSA) is 49.3 Å². The monoisotopic (exact) mass is 344 g/mol. The van der Waals surface area contributed by atoms with Crippen LogP contribution >= 0.6 is 11.3 Å². The molecule has 0 atom stereocenters. The van der Waals surface area contributed by atoms with Crippen LogP contribution in [0.25, 0.3) is 0 Å². The molecule has 1 aliphatic heterocycles. The number of aryl methyl sites for hydroxylation is 1. The first kappa shape index (κ1) is 16.9. The van der Waals surface area contributed by atoms with E-state index in [1.165, 1.54) is 5.56 Å². The summed E-state index contributed by atoms with van der Waals surface area (Å²) in [7, 11) is 0. The Bertz CT molecular complexity index is 709. The Labute approximate surface area is 147 Å². The van der Waals surface area contributed by atoms with Crippen LogP contribution < -0.4 is 4.90 Å². The molecule has 0 unspecified atom stereocenters. The van der Waals surface area contributed by atoms with Gasteiger partial charge in [-0.25, -0.2) is 0 Å². The van der Waals surface area contributed by atoms with Gasteiger partial charge < -0.3 is 9.80 Å². The van der Waals surface area contributed by atoms with Gasteiger partial charge in [0, 0.05) is 31.7 Å². The van der Waals surface area contributed by atoms with Crippen molar-refractivity contribution in [1.82, 2.24) is 15.1 Å². The number of rotatable bonds is 2. The van der Waals surface area contributed by atoms with Crippen LogP contribution in [0.1, 0.15) is 41.7 Å². The Balaban J connectivity index is 1.63. The van der Waals surface area contributed by atoms with E-state index in [1.807, 2.05) is 24.0 Å². The summed E-state index contributed by atoms with van der Waals surface area (Å²) in [5, 5.41) is 10.2. The normalized spacial score (nSPS) is 15.7. The third kappa shape index (κ3) is 3.59. The maximum absolute atomic E-state index is 12.7. The van der Waals surface area contributed by atoms with Crippen molar-refractivity contribution in [3.05, 3.63) is 40.4 Å². The third-order valence-corrected chi connectivity index (χ3v) is 5.25. The average Bonchev–Trinajstić information content (AvgIpc) is 3.00. The molecule has 6 heteroatoms. The molecule has 1 saturated heterocycles. The number of benzene rings is 1. The predicted octanol–water partition coefficient (Wildman–Crippen LogP) is 3.11. The number of amides is 1. The zero-order valence-corrected chi connectivity index (χ0v) is 15.6. The van der Waals surface area contributed by atoms with Crippen molar-refractivity contribution < 1.29 is 4.79 Å². The first-order chi connectivity index (χ1) is 11.3. The smallest absolute Gasteiger partial charge is 0.253 e. The summed E-state index contributed by atoms with van der Waals surface area (Å²) in [4.78, 5) is 16.8. The second-order valence-corrected chi connectivity index (χ2v) is 8.37. The van der Waals surface area contributed by atoms with Crippen molar-refractivity contribution in [1.29, 1.82) is 0 Å². The summed E-state index contributed by atoms with van der Waals surface area (Å²) in [6, 6.07) is 8.02. The van der Waals surface area contributed by atoms with Crippen molar-refractivity contribution in [2.75, 3.05) is 31.1 Å². The van der Waals surface area contributed by atoms with Gasteiger partial charge >= 0.3 is 0 Å². The lowest BCUT2D eigenvalue weighted by molar-refractivity contribution is 0.0746. The highest BCUT2D eigenvalue weighted by Gasteiger charge is 2.24. The number of carbonyl (C=O) groups is 1. The van der Waals surface area contributed by atoms with Crippen LogP contribution in [-0.4, -0.2) is 47.2 Å². The van der Waals surface area contributed by atoms with Gasteiger partial charge in [0.05, 0.1) is 0 Å². The molecule has 0 spiro atoms. The van der Waals surface area contributed by atoms with E-state index in [2.05, 4.69) is 48.0 Å². The minimum absolute atomic E-state index is 0.104. The number of aromatic nitrogens is 2. The Kier molecular flexibility index (Phi) is 4.58. The molecule has 5 nitrogen and oxygen atoms in total. The maximum atomic E-state index is 12.7. The highest BCUT2D eigenvalue weighted by Crippen LogP contribution is 2.24. The van der Waals surface area contributed by atoms with E-state index in [9.17, 15) is 4.79 Å². The van der Waals surface area contributed by atoms with Gasteiger partial charge in [0.25, 0.3) is 5.91 Å². The van der Waals surface area contributed by atoms with E-state index >= 15 is 0 Å². The first-order valence-electron chi connectivity index (χ1n) is 8.29. The molecule has 1 fully saturated rings. The maximum Gasteiger partial charge on any atom is 0.253 e. The van der Waals surface area contributed by atoms with Crippen molar-refractivity contribution in [2.24, 2.45) is 0 Å². The van der Waals surface area contributed by atoms with Crippen molar-refractivity contribution in [3.63, 3.8) is 0 Å². The molecule has 1 aliphatic rings. The van der Waals surface area contributed by atoms with Crippen molar-refractivity contribution in [3.8, 4) is 0 Å². The van der Waals surface area contributed by atoms with E-state index in [0.717, 1.165) is 41.9 Å². The summed E-state index contributed by atoms with van der Waals surface area (Å²) >= 11 is 1.60. The molecular weight excluding hydrogens is 320 g/mol. The summed E-state index contributed by atoms with van der Waals surface area (Å²) in [5.41, 5.74) is 2.12. The van der Waals surface area contributed by atoms with Gasteiger partial charge in [0.2, 0.25) is 5.13 Å². The molecule has 1 amide bonds. The molecule has 1 aromatic carbocycles. The number of anilines is 1. The minimum Gasteiger partial charge on any atom is -0.343 e. The average molecular weight is 344 g/mol. The molecule has 2 heterocycles. The van der Waals surface area contributed by atoms with Crippen LogP contribution in [0.2, 0.25) is 0 Å². The van der Waals surface area contributed by atoms with Gasteiger partial charge in [0.15, 0.2) is 0 Å². The molecule has 0 N–H and O–H groups in total. The lowest BCUT2D eigenvalue weighted by atomic mass is 9.86. The molecule has 1 aromatic heterocycles. The SMILES string of the molecule is Cc1nnc(N2CCN(C(=O)c3ccc(C(C)(C)C)cc3)CC2)s1. The Hall–Kier alpha value is -1.95. The molecule has 128 valence electrons. The molecule has 0 bridgehead atoms. The lowest BCUT2D eigenvalue weighted by Gasteiger charge is -2.34. The molecule has 0 radical (unpaired) electrons. The zero-order chi connectivity index (χ0) is 17.3. The lowest BCUT2D eigenvalue weighted by Crippen LogP contribution is -2.48. The van der Waals surface area contributed by atoms with Crippen LogP contribution in [-0.2, 0) is 5.41 Å². The van der Waals surface area contributed by atoms with Crippen LogP contribution in [0.15, 0.2) is 24.3 Å². The van der Waals surface area contributed by atoms with Crippen LogP contribution in [0.5, 0.6) is 0 Å². The summed E-state index contributed by atoms with van der Waals surface area (Å²) < 4.78 is 0. The molecular formula is C18H24N4OS. The molecule has 0 aliphatic carbocycles. The van der Waals surface area contributed by atoms with E-state index in [-0.39, 0.29) is 11.3 Å². The predicted molar refractivity (Wildman–Crippen MR) is 97.9 cm³/mol. The number of hydrogen-bond donors (Lipinski definition) is 0. The van der Waals surface area contributed by atoms with E-state index in [1.54, 1.807) is 11.3 Å². The number of hydrogen-bond acceptors (Lipinski definition) is 5. The van der Waals surface area contributed by atoms with E-state index in [0.29, 0.717) is 0 Å². The molecule has 0 saturated carbocycles. The van der Waals surface area contributed by atoms with Crippen LogP contribution in [0, 0.1) is 6.92 Å². The fourth-order valence-corrected chi connectivity index (χ4v) is 3.55. The minimum atomic E-state index is 0.104. The van der Waals surface area contributed by atoms with Crippen LogP contribution in [0.4, 0.5) is 5.13 Å². The number of nitrogens with zero attached hydrogens (tertiary/aromatic N) is 4. The molecule has 24 heavy (non-hydrogen) atoms. The second-order valence-electron chi connectivity index (χ2n) is 7.21. The number of carbonyl (C=O) groups excluding carboxylic acids is 1. The van der Waals surface area contributed by atoms with E-state index in [4.69, 9.17) is 0 Å². The van der Waals surface area contributed by atoms with Crippen LogP contribution in [0.3, 0.4) is 0 Å². The zero-order valence-electron chi connectivity index (χ0n) is 14.7. The third-order valence-electron chi connectivity index (χ3n) is 4.35. The highest BCUT2D eigenvalue weighted by atomic mass is 32.1. The van der Waals surface area contributed by atoms with Gasteiger partial charge in [-0.2, -0.15) is 0 Å². The Morgan fingerprint density at radius 3 is 2.17 bits per heavy atom. The Morgan fingerprint density at radius 1 is 1.04 bits per heavy atom. The standard InChI is InChI=1S/C18H24N4OS/c1-13-19-20-17(24-13)22-11-9-21(10-12-22)16(23)14-5-7-15(8-6-14)18(2,3)4/h5-8H,9-12H2,1-4H3. The largest absolute Gasteiger partial charge is 0.343 e. The number of piperazine rings is 1. The molecule has 2 aromatic rings. The van der Waals surface area contributed by atoms with Gasteiger partial charge in [-0.3, -0.25) is 4.79 Å². The fourth-order valence-electron chi connectivity index (χ4n) is 2.81. The quantitative estimate of drug-likeness (QED) is 0.840. The Morgan fingerprint density at radius 2 is 1.67 bits per heavy atom. The highest BCUT2D eigenvalue weighted by molar-refractivity contribution is 7.15. The van der Waals surface area contributed by atoms with Gasteiger partial charge in [-0.15, -0.1) is 10.2 Å². The summed E-state index contributed by atoms with van der Waals surface area (Å²) in [5.74, 6) is 0.114. The van der Waals surface area contributed by atoms with Crippen molar-refractivity contribution in [2.45, 2.75) is 33.1 Å². The van der Waals surface area contributed by atoms with Crippen molar-refractivity contribution >= 4 is 22.4 Å². The van der Waals surface area contributed by atoms with Gasteiger partial charge in [-0.05, 0) is 30.0 Å².